The molecule has 1 aliphatic rings. The van der Waals surface area contributed by atoms with Gasteiger partial charge in [-0.05, 0) is 31.0 Å². The van der Waals surface area contributed by atoms with Crippen molar-refractivity contribution >= 4 is 17.5 Å². The average molecular weight is 278 g/mol. The number of ether oxygens (including phenoxy) is 1. The van der Waals surface area contributed by atoms with Crippen molar-refractivity contribution in [2.75, 3.05) is 25.0 Å². The van der Waals surface area contributed by atoms with Gasteiger partial charge >= 0.3 is 6.09 Å². The van der Waals surface area contributed by atoms with Gasteiger partial charge < -0.3 is 15.0 Å². The van der Waals surface area contributed by atoms with Crippen LogP contribution in [0.1, 0.15) is 19.8 Å². The fraction of sp³-hybridized carbons (Fsp3) is 0.538. The van der Waals surface area contributed by atoms with Crippen LogP contribution in [0.3, 0.4) is 0 Å². The minimum Gasteiger partial charge on any atom is -0.450 e. The fourth-order valence-electron chi connectivity index (χ4n) is 2.22. The van der Waals surface area contributed by atoms with Gasteiger partial charge in [0.2, 0.25) is 0 Å². The number of aromatic nitrogens is 1. The molecule has 0 spiro atoms. The van der Waals surface area contributed by atoms with Crippen LogP contribution in [0.15, 0.2) is 23.6 Å². The van der Waals surface area contributed by atoms with E-state index in [9.17, 15) is 9.70 Å². The predicted molar refractivity (Wildman–Crippen MR) is 74.9 cm³/mol. The van der Waals surface area contributed by atoms with Crippen molar-refractivity contribution < 1.29 is 9.53 Å². The molecule has 0 unspecified atom stereocenters. The molecule has 1 fully saturated rings. The second-order valence-electron chi connectivity index (χ2n) is 4.59. The molecule has 20 heavy (non-hydrogen) atoms. The molecule has 2 rings (SSSR count). The second-order valence-corrected chi connectivity index (χ2v) is 4.59. The van der Waals surface area contributed by atoms with Crippen LogP contribution in [0.25, 0.3) is 0 Å². The monoisotopic (exact) mass is 278 g/mol. The molecule has 0 aromatic carbocycles. The van der Waals surface area contributed by atoms with E-state index in [-0.39, 0.29) is 12.1 Å². The molecule has 0 bridgehead atoms. The first kappa shape index (κ1) is 14.2. The topological polar surface area (TPSA) is 83.9 Å². The van der Waals surface area contributed by atoms with Gasteiger partial charge in [-0.2, -0.15) is 0 Å². The Bertz CT molecular complexity index is 472. The third kappa shape index (κ3) is 3.43. The average Bonchev–Trinajstić information content (AvgIpc) is 2.49. The highest BCUT2D eigenvalue weighted by Crippen LogP contribution is 2.25. The quantitative estimate of drug-likeness (QED) is 0.855. The van der Waals surface area contributed by atoms with Gasteiger partial charge in [-0.25, -0.2) is 4.79 Å². The molecule has 7 nitrogen and oxygen atoms in total. The molecule has 1 aromatic rings. The zero-order valence-corrected chi connectivity index (χ0v) is 11.4. The van der Waals surface area contributed by atoms with E-state index >= 15 is 0 Å². The van der Waals surface area contributed by atoms with Crippen LogP contribution < -0.4 is 5.32 Å². The number of rotatable bonds is 4. The van der Waals surface area contributed by atoms with Crippen molar-refractivity contribution in [3.8, 4) is 0 Å². The smallest absolute Gasteiger partial charge is 0.409 e. The predicted octanol–water partition coefficient (Wildman–Crippen LogP) is 2.51. The van der Waals surface area contributed by atoms with E-state index in [0.29, 0.717) is 31.1 Å². The Morgan fingerprint density at radius 1 is 1.55 bits per heavy atom. The first-order chi connectivity index (χ1) is 9.74. The third-order valence-corrected chi connectivity index (χ3v) is 3.28. The van der Waals surface area contributed by atoms with E-state index in [1.54, 1.807) is 24.1 Å². The number of hydrogen-bond acceptors (Lipinski definition) is 6. The maximum atomic E-state index is 11.6. The largest absolute Gasteiger partial charge is 0.450 e. The summed E-state index contributed by atoms with van der Waals surface area (Å²) in [5.41, 5.74) is 0.991. The number of nitrogens with zero attached hydrogens (tertiary/aromatic N) is 3. The Kier molecular flexibility index (Phi) is 4.86. The van der Waals surface area contributed by atoms with E-state index in [0.717, 1.165) is 12.8 Å². The molecule has 0 atom stereocenters. The lowest BCUT2D eigenvalue weighted by Gasteiger charge is -2.32. The molecule has 1 saturated heterocycles. The van der Waals surface area contributed by atoms with Gasteiger partial charge in [0.15, 0.2) is 0 Å². The minimum atomic E-state index is -0.259. The van der Waals surface area contributed by atoms with Crippen LogP contribution in [-0.2, 0) is 4.74 Å². The van der Waals surface area contributed by atoms with Crippen LogP contribution in [0, 0.1) is 4.91 Å². The number of piperidine rings is 1. The number of hydrogen-bond donors (Lipinski definition) is 1. The van der Waals surface area contributed by atoms with Crippen molar-refractivity contribution in [2.45, 2.75) is 25.8 Å². The Labute approximate surface area is 117 Å². The molecular formula is C13H18N4O3. The Balaban J connectivity index is 1.88. The Hall–Kier alpha value is -2.18. The summed E-state index contributed by atoms with van der Waals surface area (Å²) in [6.07, 6.45) is 4.40. The maximum Gasteiger partial charge on any atom is 0.409 e. The lowest BCUT2D eigenvalue weighted by Crippen LogP contribution is -2.42. The number of nitrogens with one attached hydrogen (secondary N) is 1. The van der Waals surface area contributed by atoms with Crippen LogP contribution in [0.2, 0.25) is 0 Å². The SMILES string of the molecule is CCOC(=O)N1CCC(Nc2ccncc2N=O)CC1. The lowest BCUT2D eigenvalue weighted by atomic mass is 10.1. The summed E-state index contributed by atoms with van der Waals surface area (Å²) < 4.78 is 4.97. The molecule has 1 aliphatic heterocycles. The van der Waals surface area contributed by atoms with Gasteiger partial charge in [-0.15, -0.1) is 4.91 Å². The number of amides is 1. The van der Waals surface area contributed by atoms with Gasteiger partial charge in [0.05, 0.1) is 18.5 Å². The third-order valence-electron chi connectivity index (χ3n) is 3.28. The first-order valence-corrected chi connectivity index (χ1v) is 6.70. The van der Waals surface area contributed by atoms with E-state index in [1.165, 1.54) is 6.20 Å². The molecule has 1 aromatic heterocycles. The van der Waals surface area contributed by atoms with Crippen molar-refractivity contribution in [2.24, 2.45) is 5.18 Å². The van der Waals surface area contributed by atoms with E-state index in [4.69, 9.17) is 4.74 Å². The molecule has 2 heterocycles. The first-order valence-electron chi connectivity index (χ1n) is 6.70. The Morgan fingerprint density at radius 2 is 2.30 bits per heavy atom. The fourth-order valence-corrected chi connectivity index (χ4v) is 2.22. The van der Waals surface area contributed by atoms with E-state index < -0.39 is 0 Å². The zero-order chi connectivity index (χ0) is 14.4. The molecular weight excluding hydrogens is 260 g/mol. The van der Waals surface area contributed by atoms with Crippen LogP contribution in [0.5, 0.6) is 0 Å². The lowest BCUT2D eigenvalue weighted by molar-refractivity contribution is 0.0983. The van der Waals surface area contributed by atoms with Gasteiger partial charge in [0, 0.05) is 25.3 Å². The van der Waals surface area contributed by atoms with E-state index in [2.05, 4.69) is 15.5 Å². The maximum absolute atomic E-state index is 11.6. The number of likely N-dealkylation sites (tertiary alicyclic amines) is 1. The highest BCUT2D eigenvalue weighted by atomic mass is 16.6. The molecule has 1 N–H and O–H groups in total. The second kappa shape index (κ2) is 6.83. The summed E-state index contributed by atoms with van der Waals surface area (Å²) in [7, 11) is 0. The van der Waals surface area contributed by atoms with Crippen molar-refractivity contribution in [3.63, 3.8) is 0 Å². The highest BCUT2D eigenvalue weighted by molar-refractivity contribution is 5.68. The normalized spacial score (nSPS) is 15.8. The van der Waals surface area contributed by atoms with Gasteiger partial charge in [0.25, 0.3) is 0 Å². The highest BCUT2D eigenvalue weighted by Gasteiger charge is 2.23. The standard InChI is InChI=1S/C13H18N4O3/c1-2-20-13(18)17-7-4-10(5-8-17)15-11-3-6-14-9-12(11)16-19/h3,6,9-10H,2,4-5,7-8H2,1H3,(H,14,15). The number of anilines is 1. The van der Waals surface area contributed by atoms with E-state index in [1.807, 2.05) is 0 Å². The molecule has 108 valence electrons. The number of carbonyl (C=O) groups excluding carboxylic acids is 1. The summed E-state index contributed by atoms with van der Waals surface area (Å²) in [5.74, 6) is 0. The summed E-state index contributed by atoms with van der Waals surface area (Å²) in [5, 5.41) is 6.22. The zero-order valence-electron chi connectivity index (χ0n) is 11.4. The van der Waals surface area contributed by atoms with Gasteiger partial charge in [0.1, 0.15) is 5.69 Å². The van der Waals surface area contributed by atoms with Gasteiger partial charge in [-0.1, -0.05) is 0 Å². The van der Waals surface area contributed by atoms with Crippen LogP contribution >= 0.6 is 0 Å². The van der Waals surface area contributed by atoms with Gasteiger partial charge in [-0.3, -0.25) is 4.98 Å². The molecule has 1 amide bonds. The summed E-state index contributed by atoms with van der Waals surface area (Å²) in [6.45, 7) is 3.48. The molecule has 0 saturated carbocycles. The minimum absolute atomic E-state index is 0.212. The summed E-state index contributed by atoms with van der Waals surface area (Å²) in [4.78, 5) is 27.8. The number of carbonyl (C=O) groups is 1. The van der Waals surface area contributed by atoms with Crippen molar-refractivity contribution in [3.05, 3.63) is 23.4 Å². The van der Waals surface area contributed by atoms with Crippen molar-refractivity contribution in [1.29, 1.82) is 0 Å². The van der Waals surface area contributed by atoms with Crippen LogP contribution in [-0.4, -0.2) is 41.7 Å². The Morgan fingerprint density at radius 3 is 2.95 bits per heavy atom. The number of nitroso groups, excluding NO2 is 1. The number of pyridine rings is 1. The molecule has 0 radical (unpaired) electrons. The summed E-state index contributed by atoms with van der Waals surface area (Å²) in [6, 6.07) is 1.94. The molecule has 0 aliphatic carbocycles. The molecule has 7 heteroatoms. The summed E-state index contributed by atoms with van der Waals surface area (Å²) >= 11 is 0. The van der Waals surface area contributed by atoms with Crippen molar-refractivity contribution in [1.82, 2.24) is 9.88 Å². The van der Waals surface area contributed by atoms with Crippen LogP contribution in [0.4, 0.5) is 16.2 Å².